The predicted molar refractivity (Wildman–Crippen MR) is 55.0 cm³/mol. The molecular formula is C12H20O2. The minimum absolute atomic E-state index is 0.0330. The summed E-state index contributed by atoms with van der Waals surface area (Å²) in [4.78, 5) is 10.9. The van der Waals surface area contributed by atoms with Gasteiger partial charge in [-0.25, -0.2) is 0 Å². The molecule has 3 atom stereocenters. The molecule has 0 radical (unpaired) electrons. The van der Waals surface area contributed by atoms with Crippen LogP contribution in [0.3, 0.4) is 0 Å². The summed E-state index contributed by atoms with van der Waals surface area (Å²) >= 11 is 0. The number of carboxylic acid groups (broad SMARTS) is 1. The van der Waals surface area contributed by atoms with E-state index in [1.54, 1.807) is 0 Å². The molecule has 1 N–H and O–H groups in total. The predicted octanol–water partition coefficient (Wildman–Crippen LogP) is 3.07. The highest BCUT2D eigenvalue weighted by Gasteiger charge is 2.33. The zero-order valence-electron chi connectivity index (χ0n) is 8.74. The topological polar surface area (TPSA) is 37.3 Å². The molecule has 2 heteroatoms. The molecule has 0 aliphatic heterocycles. The molecule has 14 heavy (non-hydrogen) atoms. The maximum Gasteiger partial charge on any atom is 0.306 e. The fourth-order valence-corrected chi connectivity index (χ4v) is 3.27. The van der Waals surface area contributed by atoms with Crippen molar-refractivity contribution in [2.45, 2.75) is 51.4 Å². The van der Waals surface area contributed by atoms with Crippen LogP contribution >= 0.6 is 0 Å². The Hall–Kier alpha value is -0.530. The third-order valence-electron chi connectivity index (χ3n) is 4.14. The SMILES string of the molecule is O=C(O)[C@@H]1CCC2CCCCCC2C1. The second-order valence-electron chi connectivity index (χ2n) is 5.01. The van der Waals surface area contributed by atoms with Gasteiger partial charge in [-0.2, -0.15) is 0 Å². The van der Waals surface area contributed by atoms with E-state index in [0.29, 0.717) is 0 Å². The van der Waals surface area contributed by atoms with E-state index >= 15 is 0 Å². The van der Waals surface area contributed by atoms with Crippen LogP contribution in [0.2, 0.25) is 0 Å². The smallest absolute Gasteiger partial charge is 0.306 e. The molecule has 2 saturated carbocycles. The van der Waals surface area contributed by atoms with Gasteiger partial charge in [0.2, 0.25) is 0 Å². The molecule has 2 aliphatic carbocycles. The second-order valence-corrected chi connectivity index (χ2v) is 5.01. The summed E-state index contributed by atoms with van der Waals surface area (Å²) in [6.07, 6.45) is 9.76. The number of aliphatic carboxylic acids is 1. The largest absolute Gasteiger partial charge is 0.481 e. The van der Waals surface area contributed by atoms with E-state index in [9.17, 15) is 4.79 Å². The fourth-order valence-electron chi connectivity index (χ4n) is 3.27. The van der Waals surface area contributed by atoms with E-state index in [0.717, 1.165) is 24.7 Å². The lowest BCUT2D eigenvalue weighted by atomic mass is 9.72. The van der Waals surface area contributed by atoms with E-state index in [-0.39, 0.29) is 5.92 Å². The average molecular weight is 196 g/mol. The van der Waals surface area contributed by atoms with Crippen molar-refractivity contribution >= 4 is 5.97 Å². The van der Waals surface area contributed by atoms with Gasteiger partial charge < -0.3 is 5.11 Å². The summed E-state index contributed by atoms with van der Waals surface area (Å²) in [5.74, 6) is 0.988. The number of rotatable bonds is 1. The van der Waals surface area contributed by atoms with Crippen molar-refractivity contribution < 1.29 is 9.90 Å². The Labute approximate surface area is 85.7 Å². The normalized spacial score (nSPS) is 38.4. The third kappa shape index (κ3) is 2.10. The van der Waals surface area contributed by atoms with Crippen molar-refractivity contribution in [2.24, 2.45) is 17.8 Å². The fraction of sp³-hybridized carbons (Fsp3) is 0.917. The van der Waals surface area contributed by atoms with Crippen LogP contribution in [-0.2, 0) is 4.79 Å². The molecule has 2 rings (SSSR count). The molecule has 0 amide bonds. The van der Waals surface area contributed by atoms with Gasteiger partial charge in [-0.15, -0.1) is 0 Å². The zero-order chi connectivity index (χ0) is 9.97. The summed E-state index contributed by atoms with van der Waals surface area (Å²) in [5, 5.41) is 9.00. The van der Waals surface area contributed by atoms with Crippen molar-refractivity contribution in [3.8, 4) is 0 Å². The zero-order valence-corrected chi connectivity index (χ0v) is 8.74. The first-order valence-electron chi connectivity index (χ1n) is 6.00. The van der Waals surface area contributed by atoms with Crippen molar-refractivity contribution in [1.82, 2.24) is 0 Å². The molecule has 2 fully saturated rings. The van der Waals surface area contributed by atoms with Gasteiger partial charge >= 0.3 is 5.97 Å². The number of hydrogen-bond acceptors (Lipinski definition) is 1. The Balaban J connectivity index is 1.96. The summed E-state index contributed by atoms with van der Waals surface area (Å²) in [7, 11) is 0. The number of carboxylic acids is 1. The lowest BCUT2D eigenvalue weighted by Gasteiger charge is -2.33. The summed E-state index contributed by atoms with van der Waals surface area (Å²) in [6, 6.07) is 0. The Morgan fingerprint density at radius 2 is 1.64 bits per heavy atom. The molecule has 0 spiro atoms. The summed E-state index contributed by atoms with van der Waals surface area (Å²) < 4.78 is 0. The van der Waals surface area contributed by atoms with Gasteiger partial charge in [-0.1, -0.05) is 32.1 Å². The van der Waals surface area contributed by atoms with Gasteiger partial charge in [0, 0.05) is 0 Å². The molecule has 0 aromatic heterocycles. The van der Waals surface area contributed by atoms with Crippen molar-refractivity contribution in [3.63, 3.8) is 0 Å². The lowest BCUT2D eigenvalue weighted by molar-refractivity contribution is -0.143. The van der Waals surface area contributed by atoms with E-state index in [1.807, 2.05) is 0 Å². The van der Waals surface area contributed by atoms with E-state index in [4.69, 9.17) is 5.11 Å². The molecule has 2 nitrogen and oxygen atoms in total. The molecule has 80 valence electrons. The highest BCUT2D eigenvalue weighted by molar-refractivity contribution is 5.70. The monoisotopic (exact) mass is 196 g/mol. The van der Waals surface area contributed by atoms with Gasteiger partial charge in [0.05, 0.1) is 5.92 Å². The van der Waals surface area contributed by atoms with Crippen LogP contribution in [0.25, 0.3) is 0 Å². The van der Waals surface area contributed by atoms with E-state index in [2.05, 4.69) is 0 Å². The van der Waals surface area contributed by atoms with Gasteiger partial charge in [0.25, 0.3) is 0 Å². The number of fused-ring (bicyclic) bond motifs is 1. The second kappa shape index (κ2) is 4.33. The molecule has 0 heterocycles. The maximum atomic E-state index is 10.9. The number of hydrogen-bond donors (Lipinski definition) is 1. The van der Waals surface area contributed by atoms with Crippen molar-refractivity contribution in [2.75, 3.05) is 0 Å². The molecule has 0 aromatic rings. The van der Waals surface area contributed by atoms with Crippen LogP contribution < -0.4 is 0 Å². The first kappa shape index (κ1) is 10.0. The Morgan fingerprint density at radius 1 is 0.929 bits per heavy atom. The minimum atomic E-state index is -0.562. The van der Waals surface area contributed by atoms with Crippen LogP contribution in [0.5, 0.6) is 0 Å². The first-order valence-corrected chi connectivity index (χ1v) is 6.00. The molecule has 0 bridgehead atoms. The molecular weight excluding hydrogens is 176 g/mol. The number of carbonyl (C=O) groups is 1. The Bertz CT molecular complexity index is 212. The molecule has 2 aliphatic rings. The van der Waals surface area contributed by atoms with Crippen LogP contribution in [0, 0.1) is 17.8 Å². The van der Waals surface area contributed by atoms with Crippen LogP contribution in [0.1, 0.15) is 51.4 Å². The standard InChI is InChI=1S/C12H20O2/c13-12(14)11-7-6-9-4-2-1-3-5-10(9)8-11/h9-11H,1-8H2,(H,13,14)/t9?,10?,11-/m1/s1. The van der Waals surface area contributed by atoms with Gasteiger partial charge in [0.15, 0.2) is 0 Å². The van der Waals surface area contributed by atoms with Crippen LogP contribution in [0.15, 0.2) is 0 Å². The summed E-state index contributed by atoms with van der Waals surface area (Å²) in [6.45, 7) is 0. The van der Waals surface area contributed by atoms with Crippen molar-refractivity contribution in [3.05, 3.63) is 0 Å². The highest BCUT2D eigenvalue weighted by atomic mass is 16.4. The Kier molecular flexibility index (Phi) is 3.09. The highest BCUT2D eigenvalue weighted by Crippen LogP contribution is 2.41. The van der Waals surface area contributed by atoms with Crippen LogP contribution in [0.4, 0.5) is 0 Å². The van der Waals surface area contributed by atoms with E-state index < -0.39 is 5.97 Å². The quantitative estimate of drug-likeness (QED) is 0.699. The van der Waals surface area contributed by atoms with Gasteiger partial charge in [-0.05, 0) is 31.1 Å². The van der Waals surface area contributed by atoms with E-state index in [1.165, 1.54) is 38.5 Å². The molecule has 2 unspecified atom stereocenters. The van der Waals surface area contributed by atoms with Gasteiger partial charge in [-0.3, -0.25) is 4.79 Å². The third-order valence-corrected chi connectivity index (χ3v) is 4.14. The van der Waals surface area contributed by atoms with Crippen molar-refractivity contribution in [1.29, 1.82) is 0 Å². The molecule has 0 aromatic carbocycles. The molecule has 0 saturated heterocycles. The Morgan fingerprint density at radius 3 is 2.36 bits per heavy atom. The van der Waals surface area contributed by atoms with Crippen LogP contribution in [-0.4, -0.2) is 11.1 Å². The summed E-state index contributed by atoms with van der Waals surface area (Å²) in [5.41, 5.74) is 0. The lowest BCUT2D eigenvalue weighted by Crippen LogP contribution is -2.28. The maximum absolute atomic E-state index is 10.9. The minimum Gasteiger partial charge on any atom is -0.481 e. The average Bonchev–Trinajstić information content (AvgIpc) is 2.41. The van der Waals surface area contributed by atoms with Gasteiger partial charge in [0.1, 0.15) is 0 Å². The first-order chi connectivity index (χ1) is 6.77.